The minimum Gasteiger partial charge on any atom is -0.491 e. The van der Waals surface area contributed by atoms with Crippen molar-refractivity contribution >= 4 is 0 Å². The molecular formula is C16H18O3. The van der Waals surface area contributed by atoms with Gasteiger partial charge in [-0.2, -0.15) is 0 Å². The second-order valence-electron chi connectivity index (χ2n) is 4.49. The molecule has 2 unspecified atom stereocenters. The van der Waals surface area contributed by atoms with E-state index >= 15 is 0 Å². The maximum Gasteiger partial charge on any atom is 0.119 e. The van der Waals surface area contributed by atoms with Gasteiger partial charge in [-0.25, -0.2) is 0 Å². The molecule has 2 rings (SSSR count). The van der Waals surface area contributed by atoms with E-state index in [9.17, 15) is 10.2 Å². The van der Waals surface area contributed by atoms with Crippen LogP contribution in [0.15, 0.2) is 54.6 Å². The Morgan fingerprint density at radius 2 is 1.63 bits per heavy atom. The first-order valence-corrected chi connectivity index (χ1v) is 6.30. The van der Waals surface area contributed by atoms with Crippen molar-refractivity contribution in [3.63, 3.8) is 0 Å². The largest absolute Gasteiger partial charge is 0.491 e. The average molecular weight is 258 g/mol. The Balaban J connectivity index is 1.97. The van der Waals surface area contributed by atoms with E-state index in [1.54, 1.807) is 13.0 Å². The molecule has 0 heterocycles. The van der Waals surface area contributed by atoms with Crippen molar-refractivity contribution < 1.29 is 14.9 Å². The van der Waals surface area contributed by atoms with Crippen LogP contribution < -0.4 is 4.74 Å². The predicted octanol–water partition coefficient (Wildman–Crippen LogP) is 2.85. The highest BCUT2D eigenvalue weighted by Crippen LogP contribution is 2.20. The third-order valence-corrected chi connectivity index (χ3v) is 2.93. The summed E-state index contributed by atoms with van der Waals surface area (Å²) in [5.41, 5.74) is 1.63. The predicted molar refractivity (Wildman–Crippen MR) is 74.0 cm³/mol. The minimum atomic E-state index is -0.656. The van der Waals surface area contributed by atoms with Gasteiger partial charge in [0.25, 0.3) is 0 Å². The van der Waals surface area contributed by atoms with Gasteiger partial charge < -0.3 is 14.9 Å². The fraction of sp³-hybridized carbons (Fsp3) is 0.250. The molecule has 2 aromatic carbocycles. The Morgan fingerprint density at radius 3 is 2.32 bits per heavy atom. The number of rotatable bonds is 5. The van der Waals surface area contributed by atoms with Gasteiger partial charge in [0.15, 0.2) is 0 Å². The molecule has 0 saturated heterocycles. The summed E-state index contributed by atoms with van der Waals surface area (Å²) in [5.74, 6) is 0.647. The summed E-state index contributed by atoms with van der Waals surface area (Å²) in [6.07, 6.45) is -1.18. The lowest BCUT2D eigenvalue weighted by molar-refractivity contribution is 0.108. The Labute approximate surface area is 113 Å². The van der Waals surface area contributed by atoms with Gasteiger partial charge in [0.05, 0.1) is 6.10 Å². The van der Waals surface area contributed by atoms with Gasteiger partial charge in [-0.1, -0.05) is 42.5 Å². The van der Waals surface area contributed by atoms with E-state index in [0.717, 1.165) is 11.1 Å². The first-order chi connectivity index (χ1) is 9.16. The van der Waals surface area contributed by atoms with E-state index in [1.807, 2.05) is 48.5 Å². The molecule has 0 fully saturated rings. The minimum absolute atomic E-state index is 0.188. The smallest absolute Gasteiger partial charge is 0.119 e. The van der Waals surface area contributed by atoms with Crippen LogP contribution in [0.1, 0.15) is 30.3 Å². The fourth-order valence-electron chi connectivity index (χ4n) is 1.81. The van der Waals surface area contributed by atoms with Gasteiger partial charge in [0.1, 0.15) is 18.5 Å². The third-order valence-electron chi connectivity index (χ3n) is 2.93. The number of hydrogen-bond donors (Lipinski definition) is 2. The molecule has 2 N–H and O–H groups in total. The molecule has 0 aromatic heterocycles. The van der Waals surface area contributed by atoms with Crippen molar-refractivity contribution in [3.8, 4) is 5.75 Å². The maximum atomic E-state index is 9.99. The van der Waals surface area contributed by atoms with Crippen LogP contribution >= 0.6 is 0 Å². The zero-order chi connectivity index (χ0) is 13.7. The van der Waals surface area contributed by atoms with Crippen LogP contribution in [0.5, 0.6) is 5.75 Å². The van der Waals surface area contributed by atoms with Crippen molar-refractivity contribution in [1.29, 1.82) is 0 Å². The molecule has 100 valence electrons. The highest BCUT2D eigenvalue weighted by atomic mass is 16.5. The zero-order valence-electron chi connectivity index (χ0n) is 10.9. The van der Waals surface area contributed by atoms with E-state index in [4.69, 9.17) is 4.74 Å². The average Bonchev–Trinajstić information content (AvgIpc) is 2.46. The van der Waals surface area contributed by atoms with Crippen LogP contribution in [-0.4, -0.2) is 16.8 Å². The van der Waals surface area contributed by atoms with Crippen LogP contribution in [0.25, 0.3) is 0 Å². The van der Waals surface area contributed by atoms with Crippen molar-refractivity contribution in [2.45, 2.75) is 19.1 Å². The maximum absolute atomic E-state index is 9.99. The van der Waals surface area contributed by atoms with Gasteiger partial charge in [-0.3, -0.25) is 0 Å². The molecule has 0 saturated carbocycles. The van der Waals surface area contributed by atoms with Gasteiger partial charge in [0.2, 0.25) is 0 Å². The fourth-order valence-corrected chi connectivity index (χ4v) is 1.81. The van der Waals surface area contributed by atoms with Gasteiger partial charge >= 0.3 is 0 Å². The number of aliphatic hydroxyl groups is 2. The summed E-state index contributed by atoms with van der Waals surface area (Å²) >= 11 is 0. The summed E-state index contributed by atoms with van der Waals surface area (Å²) in [6, 6.07) is 16.6. The standard InChI is InChI=1S/C16H18O3/c1-12(17)14-8-5-9-15(10-14)19-11-16(18)13-6-3-2-4-7-13/h2-10,12,16-18H,11H2,1H3. The van der Waals surface area contributed by atoms with Crippen LogP contribution in [-0.2, 0) is 0 Å². The highest BCUT2D eigenvalue weighted by molar-refractivity contribution is 5.29. The summed E-state index contributed by atoms with van der Waals surface area (Å²) < 4.78 is 5.55. The van der Waals surface area contributed by atoms with E-state index in [-0.39, 0.29) is 6.61 Å². The van der Waals surface area contributed by atoms with Crippen molar-refractivity contribution in [2.24, 2.45) is 0 Å². The molecule has 0 amide bonds. The number of ether oxygens (including phenoxy) is 1. The molecule has 0 aliphatic heterocycles. The molecule has 3 nitrogen and oxygen atoms in total. The monoisotopic (exact) mass is 258 g/mol. The third kappa shape index (κ3) is 3.81. The second kappa shape index (κ2) is 6.36. The van der Waals surface area contributed by atoms with Crippen LogP contribution in [0, 0.1) is 0 Å². The van der Waals surface area contributed by atoms with Crippen molar-refractivity contribution in [3.05, 3.63) is 65.7 Å². The first kappa shape index (κ1) is 13.6. The van der Waals surface area contributed by atoms with E-state index in [0.29, 0.717) is 5.75 Å². The Hall–Kier alpha value is -1.84. The topological polar surface area (TPSA) is 49.7 Å². The number of hydrogen-bond acceptors (Lipinski definition) is 3. The first-order valence-electron chi connectivity index (χ1n) is 6.30. The molecule has 19 heavy (non-hydrogen) atoms. The molecule has 0 radical (unpaired) electrons. The lowest BCUT2D eigenvalue weighted by atomic mass is 10.1. The normalized spacial score (nSPS) is 13.8. The quantitative estimate of drug-likeness (QED) is 0.867. The summed E-state index contributed by atoms with van der Waals surface area (Å²) in [7, 11) is 0. The van der Waals surface area contributed by atoms with E-state index in [2.05, 4.69) is 0 Å². The lowest BCUT2D eigenvalue weighted by Crippen LogP contribution is -2.09. The summed E-state index contributed by atoms with van der Waals surface area (Å²) in [4.78, 5) is 0. The molecule has 3 heteroatoms. The summed E-state index contributed by atoms with van der Waals surface area (Å²) in [6.45, 7) is 1.89. The number of aliphatic hydroxyl groups excluding tert-OH is 2. The molecule has 0 bridgehead atoms. The SMILES string of the molecule is CC(O)c1cccc(OCC(O)c2ccccc2)c1. The van der Waals surface area contributed by atoms with E-state index < -0.39 is 12.2 Å². The molecule has 0 aliphatic rings. The molecule has 0 aliphatic carbocycles. The molecule has 0 spiro atoms. The Kier molecular flexibility index (Phi) is 4.55. The summed E-state index contributed by atoms with van der Waals surface area (Å²) in [5, 5.41) is 19.5. The Bertz CT molecular complexity index is 508. The second-order valence-corrected chi connectivity index (χ2v) is 4.49. The van der Waals surface area contributed by atoms with Gasteiger partial charge in [0, 0.05) is 0 Å². The van der Waals surface area contributed by atoms with Crippen LogP contribution in [0.3, 0.4) is 0 Å². The number of benzene rings is 2. The Morgan fingerprint density at radius 1 is 0.947 bits per heavy atom. The highest BCUT2D eigenvalue weighted by Gasteiger charge is 2.08. The van der Waals surface area contributed by atoms with Gasteiger partial charge in [-0.05, 0) is 30.2 Å². The van der Waals surface area contributed by atoms with Crippen LogP contribution in [0.4, 0.5) is 0 Å². The molecule has 2 atom stereocenters. The van der Waals surface area contributed by atoms with Crippen LogP contribution in [0.2, 0.25) is 0 Å². The zero-order valence-corrected chi connectivity index (χ0v) is 10.9. The van der Waals surface area contributed by atoms with Crippen molar-refractivity contribution in [2.75, 3.05) is 6.61 Å². The van der Waals surface area contributed by atoms with Crippen molar-refractivity contribution in [1.82, 2.24) is 0 Å². The van der Waals surface area contributed by atoms with Gasteiger partial charge in [-0.15, -0.1) is 0 Å². The van der Waals surface area contributed by atoms with E-state index in [1.165, 1.54) is 0 Å². The molecular weight excluding hydrogens is 240 g/mol. The lowest BCUT2D eigenvalue weighted by Gasteiger charge is -2.13. The molecule has 2 aromatic rings.